The highest BCUT2D eigenvalue weighted by molar-refractivity contribution is 5.62. The summed E-state index contributed by atoms with van der Waals surface area (Å²) in [4.78, 5) is 4.00. The standard InChI is InChI=1S/C16H8N4O/c17-8-13-3-6-16(20-11-13)21-15-4-1-12(2-5-15)7-14(9-18)10-19/h1-7,11H. The van der Waals surface area contributed by atoms with Crippen molar-refractivity contribution in [3.8, 4) is 29.8 Å². The van der Waals surface area contributed by atoms with Gasteiger partial charge in [0, 0.05) is 12.3 Å². The maximum absolute atomic E-state index is 8.68. The van der Waals surface area contributed by atoms with Crippen LogP contribution in [-0.2, 0) is 0 Å². The Hall–Kier alpha value is -3.62. The number of rotatable bonds is 3. The highest BCUT2D eigenvalue weighted by Crippen LogP contribution is 2.20. The molecular formula is C16H8N4O. The molecule has 0 atom stereocenters. The first kappa shape index (κ1) is 13.8. The van der Waals surface area contributed by atoms with Crippen molar-refractivity contribution in [2.24, 2.45) is 0 Å². The summed E-state index contributed by atoms with van der Waals surface area (Å²) in [5, 5.41) is 26.0. The number of nitrogens with zero attached hydrogens (tertiary/aromatic N) is 4. The molecule has 0 aliphatic carbocycles. The van der Waals surface area contributed by atoms with Crippen molar-refractivity contribution in [3.63, 3.8) is 0 Å². The Morgan fingerprint density at radius 1 is 1.00 bits per heavy atom. The summed E-state index contributed by atoms with van der Waals surface area (Å²) in [7, 11) is 0. The van der Waals surface area contributed by atoms with Crippen LogP contribution in [0.4, 0.5) is 0 Å². The van der Waals surface area contributed by atoms with E-state index < -0.39 is 0 Å². The average molecular weight is 272 g/mol. The molecule has 0 amide bonds. The van der Waals surface area contributed by atoms with Gasteiger partial charge in [-0.05, 0) is 29.8 Å². The molecule has 2 aromatic rings. The summed E-state index contributed by atoms with van der Waals surface area (Å²) in [6.45, 7) is 0. The fourth-order valence-electron chi connectivity index (χ4n) is 1.52. The second-order valence-corrected chi connectivity index (χ2v) is 3.95. The van der Waals surface area contributed by atoms with Gasteiger partial charge < -0.3 is 4.74 Å². The van der Waals surface area contributed by atoms with Gasteiger partial charge in [-0.3, -0.25) is 0 Å². The number of hydrogen-bond donors (Lipinski definition) is 0. The molecule has 0 saturated heterocycles. The van der Waals surface area contributed by atoms with Gasteiger partial charge in [0.1, 0.15) is 29.5 Å². The van der Waals surface area contributed by atoms with Crippen molar-refractivity contribution >= 4 is 6.08 Å². The maximum Gasteiger partial charge on any atom is 0.219 e. The highest BCUT2D eigenvalue weighted by Gasteiger charge is 2.00. The van der Waals surface area contributed by atoms with Crippen LogP contribution in [0.2, 0.25) is 0 Å². The average Bonchev–Trinajstić information content (AvgIpc) is 2.55. The van der Waals surface area contributed by atoms with Crippen LogP contribution in [0.1, 0.15) is 11.1 Å². The van der Waals surface area contributed by atoms with Crippen LogP contribution in [0.15, 0.2) is 48.2 Å². The quantitative estimate of drug-likeness (QED) is 0.800. The molecule has 0 spiro atoms. The van der Waals surface area contributed by atoms with Gasteiger partial charge in [0.15, 0.2) is 0 Å². The second-order valence-electron chi connectivity index (χ2n) is 3.95. The lowest BCUT2D eigenvalue weighted by Gasteiger charge is -2.04. The molecular weight excluding hydrogens is 264 g/mol. The molecule has 21 heavy (non-hydrogen) atoms. The van der Waals surface area contributed by atoms with Crippen molar-refractivity contribution in [2.75, 3.05) is 0 Å². The molecule has 0 saturated carbocycles. The van der Waals surface area contributed by atoms with Crippen molar-refractivity contribution in [1.29, 1.82) is 15.8 Å². The Morgan fingerprint density at radius 3 is 2.24 bits per heavy atom. The largest absolute Gasteiger partial charge is 0.439 e. The molecule has 2 rings (SSSR count). The van der Waals surface area contributed by atoms with Crippen LogP contribution >= 0.6 is 0 Å². The van der Waals surface area contributed by atoms with Gasteiger partial charge in [-0.2, -0.15) is 15.8 Å². The van der Waals surface area contributed by atoms with Gasteiger partial charge in [-0.1, -0.05) is 12.1 Å². The highest BCUT2D eigenvalue weighted by atomic mass is 16.5. The topological polar surface area (TPSA) is 93.5 Å². The lowest BCUT2D eigenvalue weighted by molar-refractivity contribution is 0.463. The minimum absolute atomic E-state index is 0.0393. The first-order valence-electron chi connectivity index (χ1n) is 5.91. The van der Waals surface area contributed by atoms with Gasteiger partial charge in [-0.15, -0.1) is 0 Å². The third-order valence-corrected chi connectivity index (χ3v) is 2.52. The third kappa shape index (κ3) is 3.67. The molecule has 1 aromatic carbocycles. The van der Waals surface area contributed by atoms with E-state index in [1.807, 2.05) is 6.07 Å². The predicted octanol–water partition coefficient (Wildman–Crippen LogP) is 3.18. The van der Waals surface area contributed by atoms with E-state index in [0.29, 0.717) is 17.2 Å². The van der Waals surface area contributed by atoms with E-state index in [0.717, 1.165) is 5.56 Å². The zero-order valence-electron chi connectivity index (χ0n) is 10.8. The van der Waals surface area contributed by atoms with Gasteiger partial charge in [0.2, 0.25) is 5.88 Å². The number of pyridine rings is 1. The van der Waals surface area contributed by atoms with Gasteiger partial charge in [0.25, 0.3) is 0 Å². The molecule has 98 valence electrons. The lowest BCUT2D eigenvalue weighted by Crippen LogP contribution is -1.88. The summed E-state index contributed by atoms with van der Waals surface area (Å²) in [5.74, 6) is 0.951. The predicted molar refractivity (Wildman–Crippen MR) is 74.7 cm³/mol. The summed E-state index contributed by atoms with van der Waals surface area (Å²) < 4.78 is 5.52. The number of nitriles is 3. The number of ether oxygens (including phenoxy) is 1. The molecule has 1 heterocycles. The van der Waals surface area contributed by atoms with Crippen molar-refractivity contribution in [1.82, 2.24) is 4.98 Å². The van der Waals surface area contributed by atoms with Gasteiger partial charge in [-0.25, -0.2) is 4.98 Å². The Bertz CT molecular complexity index is 769. The molecule has 0 unspecified atom stereocenters. The van der Waals surface area contributed by atoms with Crippen LogP contribution in [-0.4, -0.2) is 4.98 Å². The number of aromatic nitrogens is 1. The molecule has 0 aliphatic rings. The summed E-state index contributed by atoms with van der Waals surface area (Å²) in [6, 6.07) is 15.7. The van der Waals surface area contributed by atoms with Crippen molar-refractivity contribution < 1.29 is 4.74 Å². The SMILES string of the molecule is N#CC(C#N)=Cc1ccc(Oc2ccc(C#N)cn2)cc1. The normalized spacial score (nSPS) is 8.81. The van der Waals surface area contributed by atoms with Gasteiger partial charge >= 0.3 is 0 Å². The summed E-state index contributed by atoms with van der Waals surface area (Å²) in [6.07, 6.45) is 2.92. The molecule has 5 heteroatoms. The van der Waals surface area contributed by atoms with E-state index in [2.05, 4.69) is 4.98 Å². The Morgan fingerprint density at radius 2 is 1.71 bits per heavy atom. The Labute approximate surface area is 121 Å². The van der Waals surface area contributed by atoms with Crippen LogP contribution in [0.25, 0.3) is 6.08 Å². The van der Waals surface area contributed by atoms with Crippen LogP contribution < -0.4 is 4.74 Å². The van der Waals surface area contributed by atoms with Gasteiger partial charge in [0.05, 0.1) is 5.56 Å². The zero-order chi connectivity index (χ0) is 15.1. The third-order valence-electron chi connectivity index (χ3n) is 2.52. The molecule has 1 aromatic heterocycles. The van der Waals surface area contributed by atoms with E-state index in [9.17, 15) is 0 Å². The van der Waals surface area contributed by atoms with E-state index >= 15 is 0 Å². The molecule has 0 aliphatic heterocycles. The number of allylic oxidation sites excluding steroid dienone is 1. The smallest absolute Gasteiger partial charge is 0.219 e. The fraction of sp³-hybridized carbons (Fsp3) is 0. The van der Waals surface area contributed by atoms with Crippen LogP contribution in [0, 0.1) is 34.0 Å². The monoisotopic (exact) mass is 272 g/mol. The minimum Gasteiger partial charge on any atom is -0.439 e. The summed E-state index contributed by atoms with van der Waals surface area (Å²) >= 11 is 0. The molecule has 0 radical (unpaired) electrons. The van der Waals surface area contributed by atoms with E-state index in [1.165, 1.54) is 12.3 Å². The second kappa shape index (κ2) is 6.52. The Kier molecular flexibility index (Phi) is 4.28. The number of hydrogen-bond acceptors (Lipinski definition) is 5. The first-order valence-corrected chi connectivity index (χ1v) is 5.91. The zero-order valence-corrected chi connectivity index (χ0v) is 10.8. The molecule has 5 nitrogen and oxygen atoms in total. The molecule has 0 N–H and O–H groups in total. The number of benzene rings is 1. The fourth-order valence-corrected chi connectivity index (χ4v) is 1.52. The molecule has 0 fully saturated rings. The lowest BCUT2D eigenvalue weighted by atomic mass is 10.1. The Balaban J connectivity index is 2.13. The van der Waals surface area contributed by atoms with Crippen molar-refractivity contribution in [2.45, 2.75) is 0 Å². The molecule has 0 bridgehead atoms. The minimum atomic E-state index is 0.0393. The first-order chi connectivity index (χ1) is 10.2. The van der Waals surface area contributed by atoms with Crippen molar-refractivity contribution in [3.05, 3.63) is 59.3 Å². The van der Waals surface area contributed by atoms with E-state index in [1.54, 1.807) is 48.5 Å². The van der Waals surface area contributed by atoms with Crippen LogP contribution in [0.5, 0.6) is 11.6 Å². The van der Waals surface area contributed by atoms with E-state index in [4.69, 9.17) is 20.5 Å². The van der Waals surface area contributed by atoms with Crippen LogP contribution in [0.3, 0.4) is 0 Å². The summed E-state index contributed by atoms with van der Waals surface area (Å²) in [5.41, 5.74) is 1.23. The maximum atomic E-state index is 8.68. The van der Waals surface area contributed by atoms with E-state index in [-0.39, 0.29) is 5.57 Å².